The topological polar surface area (TPSA) is 43.8 Å². The van der Waals surface area contributed by atoms with Gasteiger partial charge >= 0.3 is 0 Å². The van der Waals surface area contributed by atoms with Gasteiger partial charge in [0.05, 0.1) is 11.0 Å². The number of fused-ring (bicyclic) bond motifs is 1. The summed E-state index contributed by atoms with van der Waals surface area (Å²) in [6, 6.07) is 14.4. The predicted octanol–water partition coefficient (Wildman–Crippen LogP) is 3.48. The monoisotopic (exact) mass is 251 g/mol. The second kappa shape index (κ2) is 4.43. The third kappa shape index (κ3) is 1.97. The van der Waals surface area contributed by atoms with Crippen LogP contribution < -0.4 is 5.73 Å². The molecule has 3 heteroatoms. The lowest BCUT2D eigenvalue weighted by molar-refractivity contribution is 0.908. The first kappa shape index (κ1) is 11.8. The largest absolute Gasteiger partial charge is 0.399 e. The molecule has 3 nitrogen and oxygen atoms in total. The van der Waals surface area contributed by atoms with Gasteiger partial charge in [-0.3, -0.25) is 4.57 Å². The highest BCUT2D eigenvalue weighted by atomic mass is 15.1. The maximum atomic E-state index is 5.83. The highest BCUT2D eigenvalue weighted by Gasteiger charge is 2.10. The van der Waals surface area contributed by atoms with Gasteiger partial charge in [0.25, 0.3) is 0 Å². The normalized spacial score (nSPS) is 11.1. The summed E-state index contributed by atoms with van der Waals surface area (Å²) in [6.45, 7) is 4.21. The van der Waals surface area contributed by atoms with E-state index in [1.54, 1.807) is 0 Å². The van der Waals surface area contributed by atoms with Gasteiger partial charge in [-0.05, 0) is 37.3 Å². The predicted molar refractivity (Wildman–Crippen MR) is 79.6 cm³/mol. The van der Waals surface area contributed by atoms with Crippen LogP contribution in [0.2, 0.25) is 0 Å². The summed E-state index contributed by atoms with van der Waals surface area (Å²) in [5.74, 6) is 1.06. The van der Waals surface area contributed by atoms with Crippen molar-refractivity contribution < 1.29 is 0 Å². The van der Waals surface area contributed by atoms with Gasteiger partial charge in [-0.25, -0.2) is 4.98 Å². The van der Waals surface area contributed by atoms with Crippen molar-refractivity contribution in [3.63, 3.8) is 0 Å². The second-order valence-corrected chi connectivity index (χ2v) is 4.80. The number of hydrogen-bond acceptors (Lipinski definition) is 2. The van der Waals surface area contributed by atoms with E-state index in [0.717, 1.165) is 34.7 Å². The standard InChI is InChI=1S/C16H17N3/c1-3-16-18-14-10-12(17)6-9-15(14)19(16)13-7-4-11(2)5-8-13/h4-10H,3,17H2,1-2H3. The van der Waals surface area contributed by atoms with Crippen molar-refractivity contribution in [2.24, 2.45) is 0 Å². The highest BCUT2D eigenvalue weighted by Crippen LogP contribution is 2.23. The van der Waals surface area contributed by atoms with Crippen LogP contribution >= 0.6 is 0 Å². The Morgan fingerprint density at radius 3 is 2.53 bits per heavy atom. The number of nitrogens with two attached hydrogens (primary N) is 1. The zero-order valence-electron chi connectivity index (χ0n) is 11.2. The van der Waals surface area contributed by atoms with Gasteiger partial charge in [0.2, 0.25) is 0 Å². The molecule has 0 saturated heterocycles. The Bertz CT molecular complexity index is 724. The summed E-state index contributed by atoms with van der Waals surface area (Å²) in [6.07, 6.45) is 0.891. The second-order valence-electron chi connectivity index (χ2n) is 4.80. The third-order valence-corrected chi connectivity index (χ3v) is 3.36. The molecule has 0 spiro atoms. The third-order valence-electron chi connectivity index (χ3n) is 3.36. The zero-order valence-corrected chi connectivity index (χ0v) is 11.2. The summed E-state index contributed by atoms with van der Waals surface area (Å²) in [7, 11) is 0. The van der Waals surface area contributed by atoms with Gasteiger partial charge in [0.15, 0.2) is 0 Å². The Balaban J connectivity index is 2.29. The lowest BCUT2D eigenvalue weighted by Crippen LogP contribution is -1.99. The molecule has 0 fully saturated rings. The van der Waals surface area contributed by atoms with E-state index in [2.05, 4.69) is 47.7 Å². The Labute approximate surface area is 112 Å². The van der Waals surface area contributed by atoms with E-state index in [1.807, 2.05) is 18.2 Å². The summed E-state index contributed by atoms with van der Waals surface area (Å²) in [4.78, 5) is 4.67. The molecule has 2 aromatic carbocycles. The van der Waals surface area contributed by atoms with Crippen molar-refractivity contribution in [1.82, 2.24) is 9.55 Å². The van der Waals surface area contributed by atoms with Gasteiger partial charge in [0, 0.05) is 17.8 Å². The molecular weight excluding hydrogens is 234 g/mol. The highest BCUT2D eigenvalue weighted by molar-refractivity contribution is 5.81. The van der Waals surface area contributed by atoms with Crippen molar-refractivity contribution in [3.8, 4) is 5.69 Å². The van der Waals surface area contributed by atoms with Crippen LogP contribution in [-0.4, -0.2) is 9.55 Å². The molecular formula is C16H17N3. The van der Waals surface area contributed by atoms with Gasteiger partial charge in [0.1, 0.15) is 5.82 Å². The van der Waals surface area contributed by atoms with Crippen LogP contribution in [0.4, 0.5) is 5.69 Å². The van der Waals surface area contributed by atoms with Crippen LogP contribution in [-0.2, 0) is 6.42 Å². The molecule has 0 atom stereocenters. The molecule has 1 aromatic heterocycles. The van der Waals surface area contributed by atoms with Crippen molar-refractivity contribution in [1.29, 1.82) is 0 Å². The fourth-order valence-electron chi connectivity index (χ4n) is 2.37. The van der Waals surface area contributed by atoms with E-state index in [-0.39, 0.29) is 0 Å². The number of rotatable bonds is 2. The molecule has 1 heterocycles. The molecule has 2 N–H and O–H groups in total. The molecule has 96 valence electrons. The molecule has 0 amide bonds. The van der Waals surface area contributed by atoms with E-state index >= 15 is 0 Å². The van der Waals surface area contributed by atoms with Crippen LogP contribution in [0.1, 0.15) is 18.3 Å². The summed E-state index contributed by atoms with van der Waals surface area (Å²) in [5.41, 5.74) is 11.1. The Kier molecular flexibility index (Phi) is 2.75. The summed E-state index contributed by atoms with van der Waals surface area (Å²) < 4.78 is 2.20. The zero-order chi connectivity index (χ0) is 13.4. The van der Waals surface area contributed by atoms with Crippen LogP contribution in [0, 0.1) is 6.92 Å². The molecule has 0 saturated carbocycles. The first-order valence-corrected chi connectivity index (χ1v) is 6.53. The number of hydrogen-bond donors (Lipinski definition) is 1. The Morgan fingerprint density at radius 1 is 1.11 bits per heavy atom. The van der Waals surface area contributed by atoms with Gasteiger partial charge in [-0.1, -0.05) is 24.6 Å². The number of aryl methyl sites for hydroxylation is 2. The minimum atomic E-state index is 0.753. The molecule has 0 radical (unpaired) electrons. The fraction of sp³-hybridized carbons (Fsp3) is 0.188. The number of aromatic nitrogens is 2. The van der Waals surface area contributed by atoms with Crippen LogP contribution in [0.15, 0.2) is 42.5 Å². The molecule has 0 aliphatic carbocycles. The van der Waals surface area contributed by atoms with E-state index in [1.165, 1.54) is 5.56 Å². The van der Waals surface area contributed by atoms with Crippen LogP contribution in [0.5, 0.6) is 0 Å². The lowest BCUT2D eigenvalue weighted by atomic mass is 10.2. The first-order valence-electron chi connectivity index (χ1n) is 6.53. The molecule has 19 heavy (non-hydrogen) atoms. The Hall–Kier alpha value is -2.29. The quantitative estimate of drug-likeness (QED) is 0.709. The van der Waals surface area contributed by atoms with Gasteiger partial charge in [-0.2, -0.15) is 0 Å². The number of anilines is 1. The van der Waals surface area contributed by atoms with Gasteiger partial charge < -0.3 is 5.73 Å². The molecule has 0 aliphatic heterocycles. The van der Waals surface area contributed by atoms with Crippen molar-refractivity contribution in [2.45, 2.75) is 20.3 Å². The van der Waals surface area contributed by atoms with E-state index < -0.39 is 0 Å². The molecule has 0 bridgehead atoms. The number of benzene rings is 2. The number of nitrogens with zero attached hydrogens (tertiary/aromatic N) is 2. The maximum absolute atomic E-state index is 5.83. The molecule has 3 aromatic rings. The van der Waals surface area contributed by atoms with Gasteiger partial charge in [-0.15, -0.1) is 0 Å². The minimum absolute atomic E-state index is 0.753. The van der Waals surface area contributed by atoms with Crippen LogP contribution in [0.25, 0.3) is 16.7 Å². The molecule has 0 aliphatic rings. The molecule has 0 unspecified atom stereocenters. The average molecular weight is 251 g/mol. The smallest absolute Gasteiger partial charge is 0.114 e. The minimum Gasteiger partial charge on any atom is -0.399 e. The average Bonchev–Trinajstić information content (AvgIpc) is 2.77. The van der Waals surface area contributed by atoms with E-state index in [4.69, 9.17) is 5.73 Å². The SMILES string of the molecule is CCc1nc2cc(N)ccc2n1-c1ccc(C)cc1. The van der Waals surface area contributed by atoms with E-state index in [9.17, 15) is 0 Å². The first-order chi connectivity index (χ1) is 9.19. The fourth-order valence-corrected chi connectivity index (χ4v) is 2.37. The van der Waals surface area contributed by atoms with E-state index in [0.29, 0.717) is 0 Å². The van der Waals surface area contributed by atoms with Crippen molar-refractivity contribution in [3.05, 3.63) is 53.9 Å². The lowest BCUT2D eigenvalue weighted by Gasteiger charge is -2.08. The summed E-state index contributed by atoms with van der Waals surface area (Å²) in [5, 5.41) is 0. The summed E-state index contributed by atoms with van der Waals surface area (Å²) >= 11 is 0. The molecule has 3 rings (SSSR count). The maximum Gasteiger partial charge on any atom is 0.114 e. The van der Waals surface area contributed by atoms with Crippen LogP contribution in [0.3, 0.4) is 0 Å². The Morgan fingerprint density at radius 2 is 1.84 bits per heavy atom. The number of nitrogen functional groups attached to an aromatic ring is 1. The number of imidazole rings is 1. The van der Waals surface area contributed by atoms with Crippen molar-refractivity contribution >= 4 is 16.7 Å². The van der Waals surface area contributed by atoms with Crippen molar-refractivity contribution in [2.75, 3.05) is 5.73 Å².